The fraction of sp³-hybridized carbons (Fsp3) is 0.550. The molecular formula is C20H29N3O4. The molecule has 7 nitrogen and oxygen atoms in total. The minimum atomic E-state index is -0.691. The first kappa shape index (κ1) is 20.9. The van der Waals surface area contributed by atoms with Gasteiger partial charge in [0.15, 0.2) is 0 Å². The first-order valence-corrected chi connectivity index (χ1v) is 9.30. The third kappa shape index (κ3) is 6.36. The largest absolute Gasteiger partial charge is 0.465 e. The van der Waals surface area contributed by atoms with E-state index in [0.717, 1.165) is 16.8 Å². The molecule has 27 heavy (non-hydrogen) atoms. The van der Waals surface area contributed by atoms with Gasteiger partial charge in [-0.1, -0.05) is 19.9 Å². The van der Waals surface area contributed by atoms with Crippen molar-refractivity contribution in [2.45, 2.75) is 40.2 Å². The van der Waals surface area contributed by atoms with Crippen LogP contribution in [-0.4, -0.2) is 55.0 Å². The lowest BCUT2D eigenvalue weighted by molar-refractivity contribution is -0.149. The molecule has 0 spiro atoms. The van der Waals surface area contributed by atoms with Gasteiger partial charge in [0.2, 0.25) is 11.8 Å². The van der Waals surface area contributed by atoms with Gasteiger partial charge in [0, 0.05) is 18.8 Å². The minimum Gasteiger partial charge on any atom is -0.465 e. The van der Waals surface area contributed by atoms with Crippen LogP contribution in [0.4, 0.5) is 5.69 Å². The molecule has 2 N–H and O–H groups in total. The number of nitrogens with zero attached hydrogens (tertiary/aromatic N) is 1. The first-order chi connectivity index (χ1) is 12.8. The maximum absolute atomic E-state index is 12.4. The monoisotopic (exact) mass is 375 g/mol. The number of esters is 1. The van der Waals surface area contributed by atoms with Crippen LogP contribution in [0.25, 0.3) is 0 Å². The van der Waals surface area contributed by atoms with E-state index < -0.39 is 12.0 Å². The highest BCUT2D eigenvalue weighted by Crippen LogP contribution is 2.15. The van der Waals surface area contributed by atoms with E-state index in [-0.39, 0.29) is 30.7 Å². The van der Waals surface area contributed by atoms with Crippen LogP contribution in [0.15, 0.2) is 18.2 Å². The maximum atomic E-state index is 12.4. The third-order valence-corrected chi connectivity index (χ3v) is 4.52. The highest BCUT2D eigenvalue weighted by Gasteiger charge is 2.33. The summed E-state index contributed by atoms with van der Waals surface area (Å²) < 4.78 is 5.18. The Labute approximate surface area is 160 Å². The molecule has 1 unspecified atom stereocenters. The number of carbonyl (C=O) groups excluding carboxylic acids is 3. The van der Waals surface area contributed by atoms with Gasteiger partial charge >= 0.3 is 5.97 Å². The molecular weight excluding hydrogens is 346 g/mol. The standard InChI is InChI=1S/C20H29N3O4/c1-13(2)12-27-19(25)10-17-20(26)21-7-8-23(17)11-18(24)22-16-6-5-14(3)15(4)9-16/h5-6,9,13,17H,7-8,10-12H2,1-4H3,(H,21,26)(H,22,24). The SMILES string of the molecule is Cc1ccc(NC(=O)CN2CCNC(=O)C2CC(=O)OCC(C)C)cc1C. The van der Waals surface area contributed by atoms with E-state index in [1.807, 2.05) is 45.9 Å². The second-order valence-corrected chi connectivity index (χ2v) is 7.41. The van der Waals surface area contributed by atoms with Crippen LogP contribution in [-0.2, 0) is 19.1 Å². The van der Waals surface area contributed by atoms with Gasteiger partial charge in [-0.2, -0.15) is 0 Å². The molecule has 1 heterocycles. The second kappa shape index (κ2) is 9.50. The van der Waals surface area contributed by atoms with Crippen molar-refractivity contribution in [3.63, 3.8) is 0 Å². The summed E-state index contributed by atoms with van der Waals surface area (Å²) in [5.74, 6) is -0.658. The Hall–Kier alpha value is -2.41. The number of anilines is 1. The Morgan fingerprint density at radius 1 is 1.30 bits per heavy atom. The van der Waals surface area contributed by atoms with Crippen molar-refractivity contribution < 1.29 is 19.1 Å². The zero-order valence-corrected chi connectivity index (χ0v) is 16.5. The molecule has 1 fully saturated rings. The Kier molecular flexibility index (Phi) is 7.36. The number of rotatable bonds is 7. The summed E-state index contributed by atoms with van der Waals surface area (Å²) in [4.78, 5) is 38.4. The molecule has 0 radical (unpaired) electrons. The van der Waals surface area contributed by atoms with Crippen molar-refractivity contribution in [3.8, 4) is 0 Å². The van der Waals surface area contributed by atoms with Crippen LogP contribution < -0.4 is 10.6 Å². The van der Waals surface area contributed by atoms with Crippen LogP contribution in [0.5, 0.6) is 0 Å². The average molecular weight is 375 g/mol. The van der Waals surface area contributed by atoms with Gasteiger partial charge < -0.3 is 15.4 Å². The molecule has 7 heteroatoms. The smallest absolute Gasteiger partial charge is 0.307 e. The number of aryl methyl sites for hydroxylation is 2. The minimum absolute atomic E-state index is 0.0441. The van der Waals surface area contributed by atoms with Gasteiger partial charge in [0.05, 0.1) is 19.6 Å². The van der Waals surface area contributed by atoms with Gasteiger partial charge in [-0.15, -0.1) is 0 Å². The number of ether oxygens (including phenoxy) is 1. The summed E-state index contributed by atoms with van der Waals surface area (Å²) in [5.41, 5.74) is 2.97. The molecule has 0 saturated carbocycles. The normalized spacial score (nSPS) is 17.5. The van der Waals surface area contributed by atoms with Crippen molar-refractivity contribution in [1.29, 1.82) is 0 Å². The molecule has 148 valence electrons. The molecule has 0 bridgehead atoms. The summed E-state index contributed by atoms with van der Waals surface area (Å²) in [7, 11) is 0. The summed E-state index contributed by atoms with van der Waals surface area (Å²) in [6.45, 7) is 9.22. The van der Waals surface area contributed by atoms with Gasteiger partial charge in [0.25, 0.3) is 0 Å². The number of nitrogens with one attached hydrogen (secondary N) is 2. The van der Waals surface area contributed by atoms with E-state index in [9.17, 15) is 14.4 Å². The van der Waals surface area contributed by atoms with Gasteiger partial charge in [-0.3, -0.25) is 19.3 Å². The first-order valence-electron chi connectivity index (χ1n) is 9.30. The molecule has 0 aromatic heterocycles. The van der Waals surface area contributed by atoms with Crippen LogP contribution >= 0.6 is 0 Å². The number of piperazine rings is 1. The van der Waals surface area contributed by atoms with E-state index in [1.54, 1.807) is 4.90 Å². The van der Waals surface area contributed by atoms with Crippen LogP contribution in [0.3, 0.4) is 0 Å². The summed E-state index contributed by atoms with van der Waals surface area (Å²) in [5, 5.41) is 5.61. The predicted octanol–water partition coefficient (Wildman–Crippen LogP) is 1.63. The quantitative estimate of drug-likeness (QED) is 0.708. The number of amides is 2. The molecule has 2 rings (SSSR count). The molecule has 1 aliphatic rings. The van der Waals surface area contributed by atoms with Gasteiger partial charge in [-0.25, -0.2) is 0 Å². The molecule has 1 saturated heterocycles. The van der Waals surface area contributed by atoms with Crippen molar-refractivity contribution in [3.05, 3.63) is 29.3 Å². The van der Waals surface area contributed by atoms with Gasteiger partial charge in [-0.05, 0) is 43.0 Å². The Morgan fingerprint density at radius 2 is 2.04 bits per heavy atom. The fourth-order valence-corrected chi connectivity index (χ4v) is 2.85. The fourth-order valence-electron chi connectivity index (χ4n) is 2.85. The summed E-state index contributed by atoms with van der Waals surface area (Å²) in [6, 6.07) is 5.03. The molecule has 1 atom stereocenters. The summed E-state index contributed by atoms with van der Waals surface area (Å²) >= 11 is 0. The maximum Gasteiger partial charge on any atom is 0.307 e. The van der Waals surface area contributed by atoms with Crippen molar-refractivity contribution in [1.82, 2.24) is 10.2 Å². The lowest BCUT2D eigenvalue weighted by Crippen LogP contribution is -2.57. The zero-order valence-electron chi connectivity index (χ0n) is 16.5. The van der Waals surface area contributed by atoms with Crippen molar-refractivity contribution >= 4 is 23.5 Å². The summed E-state index contributed by atoms with van der Waals surface area (Å²) in [6.07, 6.45) is -0.0600. The van der Waals surface area contributed by atoms with E-state index in [4.69, 9.17) is 4.74 Å². The van der Waals surface area contributed by atoms with Crippen molar-refractivity contribution in [2.24, 2.45) is 5.92 Å². The Balaban J connectivity index is 1.96. The van der Waals surface area contributed by atoms with Gasteiger partial charge in [0.1, 0.15) is 6.04 Å². The molecule has 0 aliphatic carbocycles. The lowest BCUT2D eigenvalue weighted by atomic mass is 10.1. The molecule has 1 aromatic carbocycles. The van der Waals surface area contributed by atoms with E-state index in [2.05, 4.69) is 10.6 Å². The van der Waals surface area contributed by atoms with Crippen LogP contribution in [0.2, 0.25) is 0 Å². The van der Waals surface area contributed by atoms with Crippen molar-refractivity contribution in [2.75, 3.05) is 31.6 Å². The number of hydrogen-bond acceptors (Lipinski definition) is 5. The van der Waals surface area contributed by atoms with Crippen LogP contribution in [0.1, 0.15) is 31.4 Å². The number of benzene rings is 1. The van der Waals surface area contributed by atoms with E-state index >= 15 is 0 Å². The number of carbonyl (C=O) groups is 3. The molecule has 1 aliphatic heterocycles. The number of hydrogen-bond donors (Lipinski definition) is 2. The average Bonchev–Trinajstić information content (AvgIpc) is 2.59. The zero-order chi connectivity index (χ0) is 20.0. The highest BCUT2D eigenvalue weighted by atomic mass is 16.5. The predicted molar refractivity (Wildman–Crippen MR) is 103 cm³/mol. The molecule has 1 aromatic rings. The Morgan fingerprint density at radius 3 is 2.70 bits per heavy atom. The molecule has 2 amide bonds. The van der Waals surface area contributed by atoms with E-state index in [1.165, 1.54) is 0 Å². The van der Waals surface area contributed by atoms with E-state index in [0.29, 0.717) is 19.7 Å². The highest BCUT2D eigenvalue weighted by molar-refractivity contribution is 5.93. The van der Waals surface area contributed by atoms with Crippen LogP contribution in [0, 0.1) is 19.8 Å². The lowest BCUT2D eigenvalue weighted by Gasteiger charge is -2.33. The Bertz CT molecular complexity index is 702. The third-order valence-electron chi connectivity index (χ3n) is 4.52. The second-order valence-electron chi connectivity index (χ2n) is 7.41. The topological polar surface area (TPSA) is 87.7 Å².